The third kappa shape index (κ3) is 5.06. The molecule has 114 valence electrons. The first-order chi connectivity index (χ1) is 9.22. The summed E-state index contributed by atoms with van der Waals surface area (Å²) in [5.41, 5.74) is 1.99. The van der Waals surface area contributed by atoms with Crippen LogP contribution >= 0.6 is 0 Å². The molecule has 5 heteroatoms. The Bertz CT molecular complexity index is 410. The Balaban J connectivity index is 2.44. The van der Waals surface area contributed by atoms with Gasteiger partial charge in [0.25, 0.3) is 0 Å². The molecule has 0 aromatic rings. The van der Waals surface area contributed by atoms with Crippen LogP contribution in [0.4, 0.5) is 0 Å². The van der Waals surface area contributed by atoms with Gasteiger partial charge in [-0.2, -0.15) is 5.10 Å². The van der Waals surface area contributed by atoms with Crippen molar-refractivity contribution in [3.63, 3.8) is 0 Å². The molecule has 1 unspecified atom stereocenters. The lowest BCUT2D eigenvalue weighted by Gasteiger charge is -2.33. The maximum absolute atomic E-state index is 10.0. The lowest BCUT2D eigenvalue weighted by molar-refractivity contribution is 0.0910. The number of nitrogens with one attached hydrogen (secondary N) is 1. The van der Waals surface area contributed by atoms with Crippen molar-refractivity contribution in [1.29, 1.82) is 0 Å². The molecule has 0 aromatic carbocycles. The number of hydrazone groups is 1. The third-order valence-electron chi connectivity index (χ3n) is 3.81. The summed E-state index contributed by atoms with van der Waals surface area (Å²) < 4.78 is 0. The van der Waals surface area contributed by atoms with E-state index in [1.807, 2.05) is 24.9 Å². The summed E-state index contributed by atoms with van der Waals surface area (Å²) in [5.74, 6) is 0.443. The summed E-state index contributed by atoms with van der Waals surface area (Å²) in [4.78, 5) is 4.32. The number of allylic oxidation sites excluding steroid dienone is 2. The number of hydrogen-bond acceptors (Lipinski definition) is 5. The van der Waals surface area contributed by atoms with Crippen LogP contribution in [0.15, 0.2) is 21.9 Å². The summed E-state index contributed by atoms with van der Waals surface area (Å²) in [6.45, 7) is 13.0. The summed E-state index contributed by atoms with van der Waals surface area (Å²) in [5, 5.41) is 19.4. The molecule has 0 amide bonds. The summed E-state index contributed by atoms with van der Waals surface area (Å²) in [7, 11) is 0. The first-order valence-electron chi connectivity index (χ1n) is 7.17. The molecule has 0 spiro atoms. The fraction of sp³-hybridized carbons (Fsp3) is 0.733. The second-order valence-electron chi connectivity index (χ2n) is 6.20. The van der Waals surface area contributed by atoms with E-state index >= 15 is 0 Å². The van der Waals surface area contributed by atoms with Gasteiger partial charge in [-0.25, -0.2) is 5.01 Å². The second kappa shape index (κ2) is 6.99. The van der Waals surface area contributed by atoms with Gasteiger partial charge in [-0.3, -0.25) is 10.3 Å². The van der Waals surface area contributed by atoms with Crippen LogP contribution in [0.3, 0.4) is 0 Å². The van der Waals surface area contributed by atoms with E-state index < -0.39 is 6.23 Å². The summed E-state index contributed by atoms with van der Waals surface area (Å²) in [6, 6.07) is 0. The van der Waals surface area contributed by atoms with Crippen LogP contribution < -0.4 is 5.32 Å². The SMILES string of the molecule is CC1=CC(C)=NCN1/N=C\CC(O)NC(C)(C)C(C)C. The molecule has 0 saturated heterocycles. The molecule has 0 bridgehead atoms. The highest BCUT2D eigenvalue weighted by atomic mass is 16.3. The van der Waals surface area contributed by atoms with E-state index in [1.54, 1.807) is 6.21 Å². The molecule has 0 aromatic heterocycles. The molecule has 1 rings (SSSR count). The van der Waals surface area contributed by atoms with Gasteiger partial charge in [-0.15, -0.1) is 0 Å². The third-order valence-corrected chi connectivity index (χ3v) is 3.81. The first kappa shape index (κ1) is 16.9. The number of aliphatic hydroxyl groups excluding tert-OH is 1. The van der Waals surface area contributed by atoms with Crippen molar-refractivity contribution in [3.8, 4) is 0 Å². The van der Waals surface area contributed by atoms with E-state index in [-0.39, 0.29) is 5.54 Å². The van der Waals surface area contributed by atoms with Crippen LogP contribution in [0.2, 0.25) is 0 Å². The van der Waals surface area contributed by atoms with Gasteiger partial charge in [0.15, 0.2) is 0 Å². The van der Waals surface area contributed by atoms with E-state index in [0.29, 0.717) is 19.0 Å². The summed E-state index contributed by atoms with van der Waals surface area (Å²) in [6.07, 6.45) is 3.62. The Hall–Kier alpha value is -1.20. The quantitative estimate of drug-likeness (QED) is 0.580. The van der Waals surface area contributed by atoms with Crippen LogP contribution in [-0.4, -0.2) is 40.5 Å². The average molecular weight is 280 g/mol. The van der Waals surface area contributed by atoms with Gasteiger partial charge < -0.3 is 5.11 Å². The number of hydrogen-bond donors (Lipinski definition) is 2. The summed E-state index contributed by atoms with van der Waals surface area (Å²) >= 11 is 0. The van der Waals surface area contributed by atoms with Crippen LogP contribution in [0, 0.1) is 5.92 Å². The van der Waals surface area contributed by atoms with E-state index in [4.69, 9.17) is 0 Å². The van der Waals surface area contributed by atoms with Gasteiger partial charge in [0.05, 0.1) is 0 Å². The Morgan fingerprint density at radius 3 is 2.70 bits per heavy atom. The largest absolute Gasteiger partial charge is 0.378 e. The molecule has 20 heavy (non-hydrogen) atoms. The van der Waals surface area contributed by atoms with Gasteiger partial charge in [0, 0.05) is 29.6 Å². The first-order valence-corrected chi connectivity index (χ1v) is 7.17. The van der Waals surface area contributed by atoms with Gasteiger partial charge in [0.1, 0.15) is 12.9 Å². The molecule has 0 aliphatic carbocycles. The molecule has 1 aliphatic rings. The average Bonchev–Trinajstić information content (AvgIpc) is 2.31. The molecule has 1 heterocycles. The topological polar surface area (TPSA) is 60.2 Å². The number of nitrogens with zero attached hydrogens (tertiary/aromatic N) is 3. The minimum absolute atomic E-state index is 0.102. The molecule has 1 atom stereocenters. The molecule has 0 saturated carbocycles. The van der Waals surface area contributed by atoms with E-state index in [9.17, 15) is 5.11 Å². The normalized spacial score (nSPS) is 18.5. The van der Waals surface area contributed by atoms with E-state index in [0.717, 1.165) is 11.4 Å². The van der Waals surface area contributed by atoms with Gasteiger partial charge >= 0.3 is 0 Å². The fourth-order valence-electron chi connectivity index (χ4n) is 1.74. The van der Waals surface area contributed by atoms with Crippen molar-refractivity contribution < 1.29 is 5.11 Å². The predicted molar refractivity (Wildman–Crippen MR) is 84.7 cm³/mol. The molecule has 0 fully saturated rings. The Labute approximate surface area is 122 Å². The minimum Gasteiger partial charge on any atom is -0.378 e. The smallest absolute Gasteiger partial charge is 0.131 e. The fourth-order valence-corrected chi connectivity index (χ4v) is 1.74. The molecule has 1 aliphatic heterocycles. The monoisotopic (exact) mass is 280 g/mol. The highest BCUT2D eigenvalue weighted by Gasteiger charge is 2.24. The van der Waals surface area contributed by atoms with Crippen molar-refractivity contribution >= 4 is 11.9 Å². The zero-order valence-electron chi connectivity index (χ0n) is 13.5. The minimum atomic E-state index is -0.588. The zero-order chi connectivity index (χ0) is 15.3. The maximum Gasteiger partial charge on any atom is 0.131 e. The van der Waals surface area contributed by atoms with Crippen molar-refractivity contribution in [3.05, 3.63) is 11.8 Å². The van der Waals surface area contributed by atoms with Crippen LogP contribution in [0.5, 0.6) is 0 Å². The van der Waals surface area contributed by atoms with Gasteiger partial charge in [-0.1, -0.05) is 13.8 Å². The number of rotatable bonds is 6. The Morgan fingerprint density at radius 1 is 1.50 bits per heavy atom. The highest BCUT2D eigenvalue weighted by molar-refractivity contribution is 5.93. The van der Waals surface area contributed by atoms with Crippen LogP contribution in [-0.2, 0) is 0 Å². The van der Waals surface area contributed by atoms with Gasteiger partial charge in [0.2, 0.25) is 0 Å². The van der Waals surface area contributed by atoms with Crippen molar-refractivity contribution in [2.24, 2.45) is 16.0 Å². The Kier molecular flexibility index (Phi) is 5.89. The van der Waals surface area contributed by atoms with Crippen LogP contribution in [0.25, 0.3) is 0 Å². The maximum atomic E-state index is 10.0. The molecular weight excluding hydrogens is 252 g/mol. The van der Waals surface area contributed by atoms with E-state index in [2.05, 4.69) is 43.1 Å². The van der Waals surface area contributed by atoms with Crippen molar-refractivity contribution in [2.75, 3.05) is 6.67 Å². The molecular formula is C15H28N4O. The van der Waals surface area contributed by atoms with Crippen molar-refractivity contribution in [1.82, 2.24) is 10.3 Å². The lowest BCUT2D eigenvalue weighted by Crippen LogP contribution is -2.49. The Morgan fingerprint density at radius 2 is 2.15 bits per heavy atom. The van der Waals surface area contributed by atoms with E-state index in [1.165, 1.54) is 0 Å². The molecule has 5 nitrogen and oxygen atoms in total. The molecule has 2 N–H and O–H groups in total. The molecule has 0 radical (unpaired) electrons. The lowest BCUT2D eigenvalue weighted by atomic mass is 9.90. The van der Waals surface area contributed by atoms with Crippen molar-refractivity contribution in [2.45, 2.75) is 59.7 Å². The second-order valence-corrected chi connectivity index (χ2v) is 6.20. The predicted octanol–water partition coefficient (Wildman–Crippen LogP) is 2.34. The van der Waals surface area contributed by atoms with Crippen LogP contribution in [0.1, 0.15) is 48.0 Å². The zero-order valence-corrected chi connectivity index (χ0v) is 13.5. The number of aliphatic hydroxyl groups is 1. The number of aliphatic imine (C=N–C) groups is 1. The highest BCUT2D eigenvalue weighted by Crippen LogP contribution is 2.16. The standard InChI is InChI=1S/C15H28N4O/c1-11(2)15(5,6)18-14(20)7-8-17-19-10-16-12(3)9-13(19)4/h8-9,11,14,18,20H,7,10H2,1-6H3/b17-8-. The van der Waals surface area contributed by atoms with Gasteiger partial charge in [-0.05, 0) is 39.7 Å².